The van der Waals surface area contributed by atoms with Gasteiger partial charge in [-0.05, 0) is 89.6 Å². The average molecular weight is 751 g/mol. The van der Waals surface area contributed by atoms with Gasteiger partial charge >= 0.3 is 0 Å². The van der Waals surface area contributed by atoms with Crippen LogP contribution >= 0.6 is 0 Å². The summed E-state index contributed by atoms with van der Waals surface area (Å²) >= 11 is 0. The van der Waals surface area contributed by atoms with E-state index in [1.165, 1.54) is 49.0 Å². The molecule has 0 radical (unpaired) electrons. The molecule has 0 bridgehead atoms. The summed E-state index contributed by atoms with van der Waals surface area (Å²) in [4.78, 5) is 16.1. The molecule has 2 aromatic heterocycles. The fraction of sp³-hybridized carbons (Fsp3) is 0. The van der Waals surface area contributed by atoms with E-state index in [0.29, 0.717) is 17.6 Å². The van der Waals surface area contributed by atoms with E-state index in [1.54, 1.807) is 0 Å². The molecule has 0 N–H and O–H groups in total. The number of hydrogen-bond donors (Lipinski definition) is 0. The highest BCUT2D eigenvalue weighted by molar-refractivity contribution is 6.15. The molecule has 4 nitrogen and oxygen atoms in total. The zero-order valence-electron chi connectivity index (χ0n) is 31.9. The molecule has 0 aliphatic carbocycles. The molecule has 4 heteroatoms. The molecule has 10 aromatic carbocycles. The highest BCUT2D eigenvalue weighted by Gasteiger charge is 2.20. The van der Waals surface area contributed by atoms with Crippen LogP contribution in [0.2, 0.25) is 0 Å². The minimum Gasteiger partial charge on any atom is -0.278 e. The van der Waals surface area contributed by atoms with Crippen molar-refractivity contribution >= 4 is 64.9 Å². The number of benzene rings is 10. The predicted molar refractivity (Wildman–Crippen MR) is 246 cm³/mol. The Morgan fingerprint density at radius 2 is 0.847 bits per heavy atom. The van der Waals surface area contributed by atoms with Crippen LogP contribution in [0.25, 0.3) is 116 Å². The van der Waals surface area contributed by atoms with Crippen molar-refractivity contribution in [3.8, 4) is 51.0 Å². The Hall–Kier alpha value is -7.95. The van der Waals surface area contributed by atoms with E-state index in [4.69, 9.17) is 15.0 Å². The maximum Gasteiger partial charge on any atom is 0.238 e. The first-order valence-electron chi connectivity index (χ1n) is 20.0. The molecule has 59 heavy (non-hydrogen) atoms. The van der Waals surface area contributed by atoms with Gasteiger partial charge < -0.3 is 0 Å². The Balaban J connectivity index is 1.10. The quantitative estimate of drug-likeness (QED) is 0.165. The fourth-order valence-electron chi connectivity index (χ4n) is 9.06. The first kappa shape index (κ1) is 33.2. The third-order valence-electron chi connectivity index (χ3n) is 11.8. The van der Waals surface area contributed by atoms with Gasteiger partial charge in [-0.25, -0.2) is 4.98 Å². The standard InChI is InChI=1S/C55H34N4/c1-2-14-35(15-3-1)43-25-12-19-37-20-13-26-44(52(37)43)36-28-30-38(31-29-36)53-56-54(49-33-41-18-6-7-21-42(41)45-22-8-9-23-46(45)49)58-55(57-53)59-50-27-11-10-24-47(50)48-32-39-16-4-5-17-40(39)34-51(48)59/h1-34H. The van der Waals surface area contributed by atoms with Crippen molar-refractivity contribution in [3.05, 3.63) is 206 Å². The van der Waals surface area contributed by atoms with Gasteiger partial charge in [-0.3, -0.25) is 4.57 Å². The third kappa shape index (κ3) is 5.42. The molecular formula is C55H34N4. The van der Waals surface area contributed by atoms with Crippen molar-refractivity contribution < 1.29 is 0 Å². The number of nitrogens with zero attached hydrogens (tertiary/aromatic N) is 4. The van der Waals surface area contributed by atoms with Crippen LogP contribution in [-0.4, -0.2) is 19.5 Å². The molecule has 2 heterocycles. The van der Waals surface area contributed by atoms with E-state index >= 15 is 0 Å². The topological polar surface area (TPSA) is 43.6 Å². The van der Waals surface area contributed by atoms with Crippen molar-refractivity contribution in [1.29, 1.82) is 0 Å². The maximum atomic E-state index is 5.39. The lowest BCUT2D eigenvalue weighted by molar-refractivity contribution is 0.955. The van der Waals surface area contributed by atoms with E-state index in [-0.39, 0.29) is 0 Å². The van der Waals surface area contributed by atoms with E-state index in [9.17, 15) is 0 Å². The monoisotopic (exact) mass is 750 g/mol. The second-order valence-electron chi connectivity index (χ2n) is 15.2. The number of fused-ring (bicyclic) bond motifs is 8. The van der Waals surface area contributed by atoms with E-state index < -0.39 is 0 Å². The molecule has 0 unspecified atom stereocenters. The van der Waals surface area contributed by atoms with Gasteiger partial charge in [-0.2, -0.15) is 9.97 Å². The largest absolute Gasteiger partial charge is 0.278 e. The highest BCUT2D eigenvalue weighted by atomic mass is 15.2. The first-order chi connectivity index (χ1) is 29.2. The molecule has 0 saturated heterocycles. The average Bonchev–Trinajstić information content (AvgIpc) is 3.63. The van der Waals surface area contributed by atoms with E-state index in [1.807, 2.05) is 0 Å². The molecule has 0 spiro atoms. The van der Waals surface area contributed by atoms with E-state index in [2.05, 4.69) is 211 Å². The lowest BCUT2D eigenvalue weighted by Gasteiger charge is -2.14. The van der Waals surface area contributed by atoms with Crippen LogP contribution in [0.15, 0.2) is 206 Å². The summed E-state index contributed by atoms with van der Waals surface area (Å²) in [5.41, 5.74) is 8.72. The van der Waals surface area contributed by atoms with Crippen molar-refractivity contribution in [2.75, 3.05) is 0 Å². The van der Waals surface area contributed by atoms with Crippen LogP contribution in [0.4, 0.5) is 0 Å². The SMILES string of the molecule is c1ccc(-c2cccc3cccc(-c4ccc(-c5nc(-c6cc7ccccc7c7ccccc67)nc(-n6c7ccccc7c7cc8ccccc8cc76)n5)cc4)c23)cc1. The van der Waals surface area contributed by atoms with Crippen molar-refractivity contribution in [2.45, 2.75) is 0 Å². The first-order valence-corrected chi connectivity index (χ1v) is 20.0. The zero-order valence-corrected chi connectivity index (χ0v) is 31.9. The molecule has 0 aliphatic heterocycles. The van der Waals surface area contributed by atoms with Crippen LogP contribution < -0.4 is 0 Å². The summed E-state index contributed by atoms with van der Waals surface area (Å²) < 4.78 is 2.21. The Morgan fingerprint density at radius 3 is 1.61 bits per heavy atom. The second kappa shape index (κ2) is 13.3. The van der Waals surface area contributed by atoms with Crippen LogP contribution in [0.5, 0.6) is 0 Å². The van der Waals surface area contributed by atoms with Gasteiger partial charge in [0.2, 0.25) is 5.95 Å². The van der Waals surface area contributed by atoms with Gasteiger partial charge in [0, 0.05) is 21.9 Å². The summed E-state index contributed by atoms with van der Waals surface area (Å²) in [6.07, 6.45) is 0. The Kier molecular flexibility index (Phi) is 7.50. The molecule has 274 valence electrons. The minimum atomic E-state index is 0.578. The number of para-hydroxylation sites is 1. The zero-order chi connectivity index (χ0) is 38.9. The molecule has 12 aromatic rings. The van der Waals surface area contributed by atoms with E-state index in [0.717, 1.165) is 49.3 Å². The molecule has 0 amide bonds. The molecule has 0 aliphatic rings. The third-order valence-corrected chi connectivity index (χ3v) is 11.8. The Morgan fingerprint density at radius 1 is 0.288 bits per heavy atom. The fourth-order valence-corrected chi connectivity index (χ4v) is 9.06. The van der Waals surface area contributed by atoms with Crippen molar-refractivity contribution in [2.24, 2.45) is 0 Å². The molecule has 12 rings (SSSR count). The lowest BCUT2D eigenvalue weighted by Crippen LogP contribution is -2.06. The van der Waals surface area contributed by atoms with Crippen LogP contribution in [0, 0.1) is 0 Å². The number of hydrogen-bond acceptors (Lipinski definition) is 3. The lowest BCUT2D eigenvalue weighted by atomic mass is 9.91. The minimum absolute atomic E-state index is 0.578. The van der Waals surface area contributed by atoms with Crippen LogP contribution in [0.3, 0.4) is 0 Å². The van der Waals surface area contributed by atoms with Gasteiger partial charge in [-0.15, -0.1) is 0 Å². The summed E-state index contributed by atoms with van der Waals surface area (Å²) in [6, 6.07) is 73.5. The number of aromatic nitrogens is 4. The summed E-state index contributed by atoms with van der Waals surface area (Å²) in [7, 11) is 0. The van der Waals surface area contributed by atoms with Gasteiger partial charge in [0.1, 0.15) is 0 Å². The normalized spacial score (nSPS) is 11.7. The van der Waals surface area contributed by atoms with Crippen molar-refractivity contribution in [1.82, 2.24) is 19.5 Å². The molecular weight excluding hydrogens is 717 g/mol. The molecule has 0 fully saturated rings. The highest BCUT2D eigenvalue weighted by Crippen LogP contribution is 2.39. The van der Waals surface area contributed by atoms with Crippen molar-refractivity contribution in [3.63, 3.8) is 0 Å². The van der Waals surface area contributed by atoms with Gasteiger partial charge in [0.05, 0.1) is 11.0 Å². The molecule has 0 saturated carbocycles. The smallest absolute Gasteiger partial charge is 0.238 e. The Bertz CT molecular complexity index is 3600. The van der Waals surface area contributed by atoms with Gasteiger partial charge in [-0.1, -0.05) is 182 Å². The van der Waals surface area contributed by atoms with Crippen LogP contribution in [0.1, 0.15) is 0 Å². The summed E-state index contributed by atoms with van der Waals surface area (Å²) in [5.74, 6) is 1.82. The number of rotatable bonds is 5. The maximum absolute atomic E-state index is 5.39. The van der Waals surface area contributed by atoms with Gasteiger partial charge in [0.25, 0.3) is 0 Å². The summed E-state index contributed by atoms with van der Waals surface area (Å²) in [6.45, 7) is 0. The summed E-state index contributed by atoms with van der Waals surface area (Å²) in [5, 5.41) is 11.7. The predicted octanol–water partition coefficient (Wildman–Crippen LogP) is 14.2. The Labute approximate surface area is 340 Å². The second-order valence-corrected chi connectivity index (χ2v) is 15.2. The molecule has 0 atom stereocenters. The van der Waals surface area contributed by atoms with Crippen LogP contribution in [-0.2, 0) is 0 Å². The van der Waals surface area contributed by atoms with Gasteiger partial charge in [0.15, 0.2) is 11.6 Å².